The van der Waals surface area contributed by atoms with Gasteiger partial charge in [-0.1, -0.05) is 97.1 Å². The number of carboxylic acids is 2. The molecule has 0 saturated carbocycles. The van der Waals surface area contributed by atoms with Crippen LogP contribution in [0.2, 0.25) is 0 Å². The van der Waals surface area contributed by atoms with E-state index >= 15 is 0 Å². The fourth-order valence-electron chi connectivity index (χ4n) is 5.14. The van der Waals surface area contributed by atoms with Crippen LogP contribution in [0.15, 0.2) is 121 Å². The quantitative estimate of drug-likeness (QED) is 0.134. The minimum absolute atomic E-state index is 0.0722. The fraction of sp³-hybridized carbons (Fsp3) is 0.105. The third-order valence-electron chi connectivity index (χ3n) is 7.55. The second kappa shape index (κ2) is 14.6. The van der Waals surface area contributed by atoms with E-state index in [9.17, 15) is 29.4 Å². The third-order valence-corrected chi connectivity index (χ3v) is 7.55. The number of aromatic carboxylic acids is 2. The van der Waals surface area contributed by atoms with E-state index in [0.29, 0.717) is 12.8 Å². The van der Waals surface area contributed by atoms with Gasteiger partial charge in [0.25, 0.3) is 11.8 Å². The predicted molar refractivity (Wildman–Crippen MR) is 174 cm³/mol. The summed E-state index contributed by atoms with van der Waals surface area (Å²) in [5.41, 5.74) is 5.35. The molecule has 5 rings (SSSR count). The van der Waals surface area contributed by atoms with Gasteiger partial charge in [0.1, 0.15) is 0 Å². The summed E-state index contributed by atoms with van der Waals surface area (Å²) in [5, 5.41) is 24.9. The molecule has 0 aliphatic rings. The SMILES string of the molecule is O=C(O)c1ccc(Cc2ccccc2)cc1C(=O)NCc1ccc(CNC(=O)c2cc(Cc3ccccc3)ccc2C(=O)O)cc1. The van der Waals surface area contributed by atoms with Crippen molar-refractivity contribution < 1.29 is 29.4 Å². The number of carbonyl (C=O) groups is 4. The molecule has 0 bridgehead atoms. The monoisotopic (exact) mass is 612 g/mol. The second-order valence-electron chi connectivity index (χ2n) is 10.9. The Labute approximate surface area is 266 Å². The van der Waals surface area contributed by atoms with Crippen LogP contribution in [0.1, 0.15) is 74.8 Å². The number of benzene rings is 5. The number of hydrogen-bond donors (Lipinski definition) is 4. The van der Waals surface area contributed by atoms with Gasteiger partial charge in [0.2, 0.25) is 0 Å². The van der Waals surface area contributed by atoms with E-state index in [4.69, 9.17) is 0 Å². The minimum Gasteiger partial charge on any atom is -0.478 e. The van der Waals surface area contributed by atoms with Crippen LogP contribution in [0.25, 0.3) is 0 Å². The molecule has 0 fully saturated rings. The molecule has 0 aliphatic carbocycles. The molecular formula is C38H32N2O6. The predicted octanol–water partition coefficient (Wildman–Crippen LogP) is 6.12. The van der Waals surface area contributed by atoms with Gasteiger partial charge < -0.3 is 20.8 Å². The average Bonchev–Trinajstić information content (AvgIpc) is 3.07. The summed E-state index contributed by atoms with van der Waals surface area (Å²) in [4.78, 5) is 49.8. The molecular weight excluding hydrogens is 580 g/mol. The largest absolute Gasteiger partial charge is 0.478 e. The maximum atomic E-state index is 13.1. The Balaban J connectivity index is 1.20. The standard InChI is InChI=1S/C38H32N2O6/c41-35(33-21-29(15-17-31(33)37(43)44)19-25-7-3-1-4-8-25)39-23-27-11-13-28(14-12-27)24-40-36(42)34-22-30(16-18-32(34)38(45)46)20-26-9-5-2-6-10-26/h1-18,21-22H,19-20,23-24H2,(H,39,41)(H,40,42)(H,43,44)(H,45,46). The van der Waals surface area contributed by atoms with Gasteiger partial charge in [-0.15, -0.1) is 0 Å². The van der Waals surface area contributed by atoms with Gasteiger partial charge in [0.05, 0.1) is 22.3 Å². The molecule has 2 amide bonds. The van der Waals surface area contributed by atoms with Crippen LogP contribution in [0.4, 0.5) is 0 Å². The van der Waals surface area contributed by atoms with E-state index in [1.165, 1.54) is 12.1 Å². The molecule has 5 aromatic rings. The summed E-state index contributed by atoms with van der Waals surface area (Å²) in [6, 6.07) is 36.2. The highest BCUT2D eigenvalue weighted by molar-refractivity contribution is 6.05. The lowest BCUT2D eigenvalue weighted by atomic mass is 9.98. The molecule has 0 unspecified atom stereocenters. The normalized spacial score (nSPS) is 10.6. The Morgan fingerprint density at radius 2 is 0.761 bits per heavy atom. The highest BCUT2D eigenvalue weighted by Gasteiger charge is 2.19. The van der Waals surface area contributed by atoms with Crippen molar-refractivity contribution in [3.05, 3.63) is 177 Å². The summed E-state index contributed by atoms with van der Waals surface area (Å²) in [6.45, 7) is 0.341. The van der Waals surface area contributed by atoms with Crippen molar-refractivity contribution in [3.8, 4) is 0 Å². The lowest BCUT2D eigenvalue weighted by Crippen LogP contribution is -2.26. The minimum atomic E-state index is -1.18. The van der Waals surface area contributed by atoms with E-state index in [-0.39, 0.29) is 35.3 Å². The van der Waals surface area contributed by atoms with Gasteiger partial charge in [-0.05, 0) is 70.5 Å². The highest BCUT2D eigenvalue weighted by atomic mass is 16.4. The second-order valence-corrected chi connectivity index (χ2v) is 10.9. The van der Waals surface area contributed by atoms with Crippen molar-refractivity contribution >= 4 is 23.8 Å². The molecule has 0 spiro atoms. The van der Waals surface area contributed by atoms with Crippen molar-refractivity contribution in [1.29, 1.82) is 0 Å². The van der Waals surface area contributed by atoms with Crippen LogP contribution in [0.3, 0.4) is 0 Å². The molecule has 8 heteroatoms. The molecule has 230 valence electrons. The Morgan fingerprint density at radius 3 is 1.11 bits per heavy atom. The van der Waals surface area contributed by atoms with Gasteiger partial charge in [0, 0.05) is 13.1 Å². The van der Waals surface area contributed by atoms with E-state index in [1.54, 1.807) is 48.5 Å². The number of carbonyl (C=O) groups excluding carboxylic acids is 2. The summed E-state index contributed by atoms with van der Waals surface area (Å²) in [5.74, 6) is -3.35. The zero-order valence-corrected chi connectivity index (χ0v) is 24.9. The third kappa shape index (κ3) is 8.12. The highest BCUT2D eigenvalue weighted by Crippen LogP contribution is 2.18. The first kappa shape index (κ1) is 31.4. The van der Waals surface area contributed by atoms with Gasteiger partial charge in [-0.2, -0.15) is 0 Å². The zero-order valence-electron chi connectivity index (χ0n) is 24.9. The van der Waals surface area contributed by atoms with Gasteiger partial charge in [0.15, 0.2) is 0 Å². The van der Waals surface area contributed by atoms with Crippen molar-refractivity contribution in [2.75, 3.05) is 0 Å². The average molecular weight is 613 g/mol. The number of hydrogen-bond acceptors (Lipinski definition) is 4. The molecule has 0 aliphatic heterocycles. The van der Waals surface area contributed by atoms with Crippen LogP contribution < -0.4 is 10.6 Å². The van der Waals surface area contributed by atoms with E-state index < -0.39 is 23.8 Å². The van der Waals surface area contributed by atoms with E-state index in [0.717, 1.165) is 33.4 Å². The van der Waals surface area contributed by atoms with Crippen LogP contribution >= 0.6 is 0 Å². The maximum absolute atomic E-state index is 13.1. The number of carboxylic acid groups (broad SMARTS) is 2. The van der Waals surface area contributed by atoms with Gasteiger partial charge >= 0.3 is 11.9 Å². The lowest BCUT2D eigenvalue weighted by Gasteiger charge is -2.12. The van der Waals surface area contributed by atoms with Crippen molar-refractivity contribution in [2.45, 2.75) is 25.9 Å². The maximum Gasteiger partial charge on any atom is 0.336 e. The Morgan fingerprint density at radius 1 is 0.413 bits per heavy atom. The Kier molecular flexibility index (Phi) is 9.99. The number of amides is 2. The van der Waals surface area contributed by atoms with Crippen LogP contribution in [0.5, 0.6) is 0 Å². The van der Waals surface area contributed by atoms with Gasteiger partial charge in [-0.3, -0.25) is 9.59 Å². The number of nitrogens with one attached hydrogen (secondary N) is 2. The fourth-order valence-corrected chi connectivity index (χ4v) is 5.14. The summed E-state index contributed by atoms with van der Waals surface area (Å²) >= 11 is 0. The lowest BCUT2D eigenvalue weighted by molar-refractivity contribution is 0.0682. The van der Waals surface area contributed by atoms with Crippen molar-refractivity contribution in [1.82, 2.24) is 10.6 Å². The molecule has 8 nitrogen and oxygen atoms in total. The molecule has 4 N–H and O–H groups in total. The first-order valence-electron chi connectivity index (χ1n) is 14.7. The molecule has 5 aromatic carbocycles. The van der Waals surface area contributed by atoms with E-state index in [2.05, 4.69) is 10.6 Å². The Bertz CT molecular complexity index is 1730. The first-order chi connectivity index (χ1) is 22.3. The summed E-state index contributed by atoms with van der Waals surface area (Å²) in [6.07, 6.45) is 1.13. The molecule has 0 heterocycles. The summed E-state index contributed by atoms with van der Waals surface area (Å²) in [7, 11) is 0. The molecule has 0 atom stereocenters. The molecule has 0 saturated heterocycles. The smallest absolute Gasteiger partial charge is 0.336 e. The van der Waals surface area contributed by atoms with Gasteiger partial charge in [-0.25, -0.2) is 9.59 Å². The van der Waals surface area contributed by atoms with Crippen LogP contribution in [-0.4, -0.2) is 34.0 Å². The zero-order chi connectivity index (χ0) is 32.5. The molecule has 0 aromatic heterocycles. The van der Waals surface area contributed by atoms with Crippen LogP contribution in [0, 0.1) is 0 Å². The van der Waals surface area contributed by atoms with Crippen LogP contribution in [-0.2, 0) is 25.9 Å². The molecule has 0 radical (unpaired) electrons. The van der Waals surface area contributed by atoms with Crippen molar-refractivity contribution in [3.63, 3.8) is 0 Å². The number of rotatable bonds is 12. The summed E-state index contributed by atoms with van der Waals surface area (Å²) < 4.78 is 0. The van der Waals surface area contributed by atoms with E-state index in [1.807, 2.05) is 60.7 Å². The Hall–Kier alpha value is -6.02. The first-order valence-corrected chi connectivity index (χ1v) is 14.7. The van der Waals surface area contributed by atoms with Crippen molar-refractivity contribution in [2.24, 2.45) is 0 Å². The topological polar surface area (TPSA) is 133 Å². The molecule has 46 heavy (non-hydrogen) atoms.